The van der Waals surface area contributed by atoms with Gasteiger partial charge in [0.05, 0.1) is 5.56 Å². The first kappa shape index (κ1) is 21.1. The smallest absolute Gasteiger partial charge is 0.416 e. The zero-order valence-corrected chi connectivity index (χ0v) is 15.6. The zero-order valence-electron chi connectivity index (χ0n) is 15.6. The Kier molecular flexibility index (Phi) is 6.07. The molecule has 1 aromatic rings. The lowest BCUT2D eigenvalue weighted by Gasteiger charge is -2.44. The molecule has 0 aliphatic carbocycles. The van der Waals surface area contributed by atoms with Crippen LogP contribution >= 0.6 is 0 Å². The van der Waals surface area contributed by atoms with Crippen LogP contribution in [-0.2, 0) is 17.5 Å². The summed E-state index contributed by atoms with van der Waals surface area (Å²) in [4.78, 5) is 25.3. The van der Waals surface area contributed by atoms with Crippen LogP contribution in [0.1, 0.15) is 44.7 Å². The molecular weight excluding hydrogens is 361 g/mol. The van der Waals surface area contributed by atoms with E-state index in [-0.39, 0.29) is 36.0 Å². The molecule has 0 spiro atoms. The fraction of sp³-hybridized carbons (Fsp3) is 0.579. The molecule has 1 saturated heterocycles. The standard InChI is InChI=1S/C19H25F3N2O3/c1-18(2,3)15-10-12(8-9-24(15)17(26)27)16(25)23-11-13-6-4-5-7-14(13)19(20,21)22/h4-7,12,15H,8-11H2,1-3H3,(H,23,25)(H,26,27). The van der Waals surface area contributed by atoms with Crippen LogP contribution in [0.5, 0.6) is 0 Å². The number of carboxylic acid groups (broad SMARTS) is 1. The van der Waals surface area contributed by atoms with Gasteiger partial charge in [0.15, 0.2) is 0 Å². The summed E-state index contributed by atoms with van der Waals surface area (Å²) in [7, 11) is 0. The highest BCUT2D eigenvalue weighted by atomic mass is 19.4. The summed E-state index contributed by atoms with van der Waals surface area (Å²) in [6, 6.07) is 4.81. The highest BCUT2D eigenvalue weighted by Gasteiger charge is 2.40. The van der Waals surface area contributed by atoms with Crippen LogP contribution in [0.3, 0.4) is 0 Å². The Hall–Kier alpha value is -2.25. The molecule has 8 heteroatoms. The first-order chi connectivity index (χ1) is 12.4. The molecule has 0 aromatic heterocycles. The van der Waals surface area contributed by atoms with Gasteiger partial charge < -0.3 is 15.3 Å². The predicted octanol–water partition coefficient (Wildman–Crippen LogP) is 4.13. The molecule has 2 unspecified atom stereocenters. The van der Waals surface area contributed by atoms with Crippen LogP contribution in [0.4, 0.5) is 18.0 Å². The van der Waals surface area contributed by atoms with Crippen LogP contribution in [0, 0.1) is 11.3 Å². The van der Waals surface area contributed by atoms with Crippen molar-refractivity contribution in [2.75, 3.05) is 6.54 Å². The Morgan fingerprint density at radius 3 is 2.41 bits per heavy atom. The molecule has 2 atom stereocenters. The van der Waals surface area contributed by atoms with Crippen molar-refractivity contribution in [3.05, 3.63) is 35.4 Å². The van der Waals surface area contributed by atoms with E-state index in [1.807, 2.05) is 20.8 Å². The Balaban J connectivity index is 2.06. The first-order valence-corrected chi connectivity index (χ1v) is 8.83. The Morgan fingerprint density at radius 2 is 1.85 bits per heavy atom. The molecule has 2 amide bonds. The van der Waals surface area contributed by atoms with Gasteiger partial charge >= 0.3 is 12.3 Å². The summed E-state index contributed by atoms with van der Waals surface area (Å²) < 4.78 is 39.2. The number of amides is 2. The van der Waals surface area contributed by atoms with Crippen molar-refractivity contribution < 1.29 is 27.9 Å². The van der Waals surface area contributed by atoms with E-state index >= 15 is 0 Å². The van der Waals surface area contributed by atoms with E-state index in [2.05, 4.69) is 5.32 Å². The molecule has 1 aliphatic heterocycles. The maximum Gasteiger partial charge on any atom is 0.416 e. The predicted molar refractivity (Wildman–Crippen MR) is 94.0 cm³/mol. The molecule has 27 heavy (non-hydrogen) atoms. The largest absolute Gasteiger partial charge is 0.465 e. The number of piperidine rings is 1. The number of nitrogens with zero attached hydrogens (tertiary/aromatic N) is 1. The summed E-state index contributed by atoms with van der Waals surface area (Å²) in [6.45, 7) is 5.75. The number of carbonyl (C=O) groups excluding carboxylic acids is 1. The van der Waals surface area contributed by atoms with E-state index in [4.69, 9.17) is 0 Å². The van der Waals surface area contributed by atoms with Crippen molar-refractivity contribution in [3.8, 4) is 0 Å². The minimum Gasteiger partial charge on any atom is -0.465 e. The van der Waals surface area contributed by atoms with Crippen molar-refractivity contribution in [2.24, 2.45) is 11.3 Å². The van der Waals surface area contributed by atoms with Gasteiger partial charge in [-0.25, -0.2) is 4.79 Å². The third-order valence-electron chi connectivity index (χ3n) is 4.99. The van der Waals surface area contributed by atoms with Crippen molar-refractivity contribution in [1.29, 1.82) is 0 Å². The summed E-state index contributed by atoms with van der Waals surface area (Å²) >= 11 is 0. The van der Waals surface area contributed by atoms with Gasteiger partial charge in [-0.05, 0) is 29.9 Å². The summed E-state index contributed by atoms with van der Waals surface area (Å²) in [5, 5.41) is 12.0. The molecule has 0 bridgehead atoms. The van der Waals surface area contributed by atoms with Gasteiger partial charge in [-0.15, -0.1) is 0 Å². The average molecular weight is 386 g/mol. The molecule has 2 rings (SSSR count). The van der Waals surface area contributed by atoms with Crippen molar-refractivity contribution >= 4 is 12.0 Å². The van der Waals surface area contributed by atoms with Crippen LogP contribution in [0.15, 0.2) is 24.3 Å². The monoisotopic (exact) mass is 386 g/mol. The van der Waals surface area contributed by atoms with Crippen molar-refractivity contribution in [3.63, 3.8) is 0 Å². The van der Waals surface area contributed by atoms with E-state index in [9.17, 15) is 27.9 Å². The summed E-state index contributed by atoms with van der Waals surface area (Å²) in [5.41, 5.74) is -1.10. The molecule has 1 aliphatic rings. The van der Waals surface area contributed by atoms with Gasteiger partial charge in [-0.3, -0.25) is 4.79 Å². The van der Waals surface area contributed by atoms with Crippen LogP contribution in [0.25, 0.3) is 0 Å². The zero-order chi connectivity index (χ0) is 20.4. The number of carbonyl (C=O) groups is 2. The number of benzene rings is 1. The maximum atomic E-state index is 13.1. The van der Waals surface area contributed by atoms with E-state index in [1.165, 1.54) is 23.1 Å². The number of rotatable bonds is 3. The van der Waals surface area contributed by atoms with Crippen molar-refractivity contribution in [1.82, 2.24) is 10.2 Å². The molecule has 150 valence electrons. The molecule has 0 saturated carbocycles. The van der Waals surface area contributed by atoms with Crippen LogP contribution in [-0.4, -0.2) is 34.6 Å². The molecule has 1 fully saturated rings. The summed E-state index contributed by atoms with van der Waals surface area (Å²) in [5.74, 6) is -0.769. The SMILES string of the molecule is CC(C)(C)C1CC(C(=O)NCc2ccccc2C(F)(F)F)CCN1C(=O)O. The van der Waals surface area contributed by atoms with Gasteiger partial charge in [0.2, 0.25) is 5.91 Å². The third kappa shape index (κ3) is 5.14. The fourth-order valence-corrected chi connectivity index (χ4v) is 3.53. The third-order valence-corrected chi connectivity index (χ3v) is 4.99. The van der Waals surface area contributed by atoms with E-state index < -0.39 is 23.8 Å². The second kappa shape index (κ2) is 7.78. The lowest BCUT2D eigenvalue weighted by Crippen LogP contribution is -2.53. The Labute approximate surface area is 156 Å². The normalized spacial score (nSPS) is 21.0. The second-order valence-electron chi connectivity index (χ2n) is 7.95. The van der Waals surface area contributed by atoms with Gasteiger partial charge in [-0.2, -0.15) is 13.2 Å². The topological polar surface area (TPSA) is 69.6 Å². The van der Waals surface area contributed by atoms with Gasteiger partial charge in [0, 0.05) is 25.0 Å². The molecule has 1 heterocycles. The Bertz CT molecular complexity index is 698. The van der Waals surface area contributed by atoms with E-state index in [1.54, 1.807) is 0 Å². The average Bonchev–Trinajstić information content (AvgIpc) is 2.57. The number of halogens is 3. The van der Waals surface area contributed by atoms with E-state index in [0.717, 1.165) is 6.07 Å². The summed E-state index contributed by atoms with van der Waals surface area (Å²) in [6.07, 6.45) is -4.80. The van der Waals surface area contributed by atoms with Gasteiger partial charge in [0.25, 0.3) is 0 Å². The minimum absolute atomic E-state index is 0.00805. The number of nitrogens with one attached hydrogen (secondary N) is 1. The van der Waals surface area contributed by atoms with Crippen LogP contribution < -0.4 is 5.32 Å². The first-order valence-electron chi connectivity index (χ1n) is 8.83. The Morgan fingerprint density at radius 1 is 1.22 bits per heavy atom. The van der Waals surface area contributed by atoms with Gasteiger partial charge in [0.1, 0.15) is 0 Å². The molecule has 5 nitrogen and oxygen atoms in total. The fourth-order valence-electron chi connectivity index (χ4n) is 3.53. The highest BCUT2D eigenvalue weighted by Crippen LogP contribution is 2.35. The molecule has 0 radical (unpaired) electrons. The minimum atomic E-state index is -4.48. The maximum absolute atomic E-state index is 13.1. The highest BCUT2D eigenvalue weighted by molar-refractivity contribution is 5.79. The van der Waals surface area contributed by atoms with Crippen LogP contribution in [0.2, 0.25) is 0 Å². The van der Waals surface area contributed by atoms with Gasteiger partial charge in [-0.1, -0.05) is 39.0 Å². The second-order valence-corrected chi connectivity index (χ2v) is 7.95. The molecule has 2 N–H and O–H groups in total. The molecule has 1 aromatic carbocycles. The lowest BCUT2D eigenvalue weighted by molar-refractivity contribution is -0.138. The number of alkyl halides is 3. The molecular formula is C19H25F3N2O3. The number of likely N-dealkylation sites (tertiary alicyclic amines) is 1. The lowest BCUT2D eigenvalue weighted by atomic mass is 9.77. The number of hydrogen-bond donors (Lipinski definition) is 2. The van der Waals surface area contributed by atoms with E-state index in [0.29, 0.717) is 12.8 Å². The number of hydrogen-bond acceptors (Lipinski definition) is 2. The quantitative estimate of drug-likeness (QED) is 0.821. The van der Waals surface area contributed by atoms with Crippen molar-refractivity contribution in [2.45, 2.75) is 52.4 Å².